The van der Waals surface area contributed by atoms with Crippen LogP contribution in [0.15, 0.2) is 121 Å². The monoisotopic (exact) mass is 468 g/mol. The molecule has 2 heterocycles. The second-order valence-corrected chi connectivity index (χ2v) is 10.6. The zero-order chi connectivity index (χ0) is 22.5. The molecule has 0 aliphatic heterocycles. The minimum atomic E-state index is 1.26. The molecule has 0 radical (unpaired) electrons. The molecule has 160 valence electrons. The van der Waals surface area contributed by atoms with Gasteiger partial charge in [-0.3, -0.25) is 0 Å². The van der Waals surface area contributed by atoms with Crippen molar-refractivity contribution in [2.24, 2.45) is 0 Å². The van der Waals surface area contributed by atoms with Gasteiger partial charge in [0.2, 0.25) is 0 Å². The molecule has 2 aromatic heterocycles. The Kier molecular flexibility index (Phi) is 4.61. The first-order chi connectivity index (χ1) is 16.9. The Bertz CT molecular complexity index is 1790. The largest absolute Gasteiger partial charge is 0.135 e. The van der Waals surface area contributed by atoms with Crippen LogP contribution in [0.1, 0.15) is 0 Å². The molecule has 0 saturated carbocycles. The molecule has 5 aromatic carbocycles. The van der Waals surface area contributed by atoms with Crippen LogP contribution in [0.2, 0.25) is 0 Å². The molecule has 0 saturated heterocycles. The standard InChI is InChI=1S/C32H20S2/c1-3-11-21(12-4-1)26-20-30-27(23-15-9-10-18-29(23)33-30)19-28(26)32-25-17-8-7-16-24(25)31(34-32)22-13-5-2-6-14-22/h1-20H. The second-order valence-electron chi connectivity index (χ2n) is 8.53. The van der Waals surface area contributed by atoms with Crippen molar-refractivity contribution in [3.05, 3.63) is 121 Å². The fourth-order valence-corrected chi connectivity index (χ4v) is 7.35. The predicted molar refractivity (Wildman–Crippen MR) is 151 cm³/mol. The van der Waals surface area contributed by atoms with Crippen molar-refractivity contribution in [3.63, 3.8) is 0 Å². The van der Waals surface area contributed by atoms with Gasteiger partial charge in [0, 0.05) is 46.3 Å². The molecule has 2 heteroatoms. The van der Waals surface area contributed by atoms with Gasteiger partial charge in [-0.15, -0.1) is 22.7 Å². The Hall–Kier alpha value is -3.72. The van der Waals surface area contributed by atoms with Crippen LogP contribution in [0.3, 0.4) is 0 Å². The molecule has 0 unspecified atom stereocenters. The van der Waals surface area contributed by atoms with E-state index in [1.807, 2.05) is 22.7 Å². The lowest BCUT2D eigenvalue weighted by Crippen LogP contribution is -1.84. The molecule has 0 aliphatic carbocycles. The van der Waals surface area contributed by atoms with Crippen LogP contribution in [0, 0.1) is 0 Å². The molecule has 0 nitrogen and oxygen atoms in total. The highest BCUT2D eigenvalue weighted by Gasteiger charge is 2.19. The summed E-state index contributed by atoms with van der Waals surface area (Å²) in [6.45, 7) is 0. The van der Waals surface area contributed by atoms with Gasteiger partial charge >= 0.3 is 0 Å². The van der Waals surface area contributed by atoms with E-state index in [1.165, 1.54) is 63.0 Å². The zero-order valence-corrected chi connectivity index (χ0v) is 20.0. The summed E-state index contributed by atoms with van der Waals surface area (Å²) >= 11 is 3.79. The Morgan fingerprint density at radius 2 is 0.941 bits per heavy atom. The summed E-state index contributed by atoms with van der Waals surface area (Å²) in [4.78, 5) is 2.67. The van der Waals surface area contributed by atoms with E-state index in [9.17, 15) is 0 Å². The van der Waals surface area contributed by atoms with E-state index >= 15 is 0 Å². The van der Waals surface area contributed by atoms with Gasteiger partial charge in [-0.1, -0.05) is 103 Å². The fraction of sp³-hybridized carbons (Fsp3) is 0. The van der Waals surface area contributed by atoms with Crippen LogP contribution in [-0.4, -0.2) is 0 Å². The third-order valence-electron chi connectivity index (χ3n) is 6.50. The summed E-state index contributed by atoms with van der Waals surface area (Å²) in [6, 6.07) is 44.1. The normalized spacial score (nSPS) is 11.5. The highest BCUT2D eigenvalue weighted by Crippen LogP contribution is 2.49. The first-order valence-corrected chi connectivity index (χ1v) is 13.1. The molecule has 0 spiro atoms. The third-order valence-corrected chi connectivity index (χ3v) is 8.94. The number of hydrogen-bond donors (Lipinski definition) is 0. The molecule has 0 aliphatic rings. The van der Waals surface area contributed by atoms with Crippen molar-refractivity contribution in [1.82, 2.24) is 0 Å². The van der Waals surface area contributed by atoms with Crippen LogP contribution >= 0.6 is 22.7 Å². The number of thiophene rings is 2. The molecule has 7 rings (SSSR count). The molecular weight excluding hydrogens is 448 g/mol. The van der Waals surface area contributed by atoms with Gasteiger partial charge in [0.05, 0.1) is 0 Å². The Morgan fingerprint density at radius 3 is 1.68 bits per heavy atom. The third kappa shape index (κ3) is 3.11. The molecule has 0 amide bonds. The lowest BCUT2D eigenvalue weighted by atomic mass is 9.95. The van der Waals surface area contributed by atoms with E-state index in [4.69, 9.17) is 0 Å². The van der Waals surface area contributed by atoms with Gasteiger partial charge in [-0.2, -0.15) is 0 Å². The molecule has 0 fully saturated rings. The van der Waals surface area contributed by atoms with Crippen LogP contribution in [-0.2, 0) is 0 Å². The van der Waals surface area contributed by atoms with Gasteiger partial charge in [0.25, 0.3) is 0 Å². The summed E-state index contributed by atoms with van der Waals surface area (Å²) in [7, 11) is 0. The molecule has 0 N–H and O–H groups in total. The van der Waals surface area contributed by atoms with E-state index in [1.54, 1.807) is 0 Å². The van der Waals surface area contributed by atoms with Crippen molar-refractivity contribution >= 4 is 53.6 Å². The Balaban J connectivity index is 1.59. The Morgan fingerprint density at radius 1 is 0.353 bits per heavy atom. The summed E-state index contributed by atoms with van der Waals surface area (Å²) in [5, 5.41) is 5.33. The topological polar surface area (TPSA) is 0 Å². The number of benzene rings is 5. The maximum atomic E-state index is 2.43. The van der Waals surface area contributed by atoms with Crippen LogP contribution in [0.25, 0.3) is 63.0 Å². The lowest BCUT2D eigenvalue weighted by molar-refractivity contribution is 1.66. The second kappa shape index (κ2) is 7.95. The van der Waals surface area contributed by atoms with E-state index in [2.05, 4.69) is 121 Å². The molecule has 7 aromatic rings. The van der Waals surface area contributed by atoms with Crippen molar-refractivity contribution < 1.29 is 0 Å². The summed E-state index contributed by atoms with van der Waals surface area (Å²) in [5.74, 6) is 0. The van der Waals surface area contributed by atoms with Gasteiger partial charge in [0.1, 0.15) is 0 Å². The van der Waals surface area contributed by atoms with Crippen molar-refractivity contribution in [3.8, 4) is 32.0 Å². The van der Waals surface area contributed by atoms with Crippen LogP contribution in [0.4, 0.5) is 0 Å². The van der Waals surface area contributed by atoms with E-state index in [-0.39, 0.29) is 0 Å². The van der Waals surface area contributed by atoms with E-state index < -0.39 is 0 Å². The van der Waals surface area contributed by atoms with Gasteiger partial charge < -0.3 is 0 Å². The van der Waals surface area contributed by atoms with Gasteiger partial charge in [-0.05, 0) is 34.9 Å². The average Bonchev–Trinajstić information content (AvgIpc) is 3.47. The predicted octanol–water partition coefficient (Wildman–Crippen LogP) is 10.3. The van der Waals surface area contributed by atoms with E-state index in [0.717, 1.165) is 0 Å². The molecule has 0 atom stereocenters. The molecular formula is C32H20S2. The average molecular weight is 469 g/mol. The zero-order valence-electron chi connectivity index (χ0n) is 18.4. The van der Waals surface area contributed by atoms with Gasteiger partial charge in [-0.25, -0.2) is 0 Å². The Labute approximate surface area is 206 Å². The number of hydrogen-bond acceptors (Lipinski definition) is 2. The first kappa shape index (κ1) is 19.7. The quantitative estimate of drug-likeness (QED) is 0.242. The highest BCUT2D eigenvalue weighted by atomic mass is 32.1. The maximum Gasteiger partial charge on any atom is 0.0434 e. The molecule has 0 bridgehead atoms. The summed E-state index contributed by atoms with van der Waals surface area (Å²) in [6.07, 6.45) is 0. The van der Waals surface area contributed by atoms with Crippen LogP contribution < -0.4 is 0 Å². The van der Waals surface area contributed by atoms with Gasteiger partial charge in [0.15, 0.2) is 0 Å². The SMILES string of the molecule is c1ccc(-c2cc3sc4ccccc4c3cc2-c2sc(-c3ccccc3)c3ccccc23)cc1. The van der Waals surface area contributed by atoms with E-state index in [0.29, 0.717) is 0 Å². The minimum absolute atomic E-state index is 1.26. The smallest absolute Gasteiger partial charge is 0.0434 e. The highest BCUT2D eigenvalue weighted by molar-refractivity contribution is 7.26. The van der Waals surface area contributed by atoms with Crippen molar-refractivity contribution in [2.75, 3.05) is 0 Å². The summed E-state index contributed by atoms with van der Waals surface area (Å²) < 4.78 is 2.68. The van der Waals surface area contributed by atoms with Crippen molar-refractivity contribution in [2.45, 2.75) is 0 Å². The fourth-order valence-electron chi connectivity index (χ4n) is 4.91. The maximum absolute atomic E-state index is 2.43. The lowest BCUT2D eigenvalue weighted by Gasteiger charge is -2.10. The summed E-state index contributed by atoms with van der Waals surface area (Å²) in [5.41, 5.74) is 5.14. The number of rotatable bonds is 3. The van der Waals surface area contributed by atoms with Crippen molar-refractivity contribution in [1.29, 1.82) is 0 Å². The first-order valence-electron chi connectivity index (χ1n) is 11.4. The number of fused-ring (bicyclic) bond motifs is 4. The van der Waals surface area contributed by atoms with Crippen LogP contribution in [0.5, 0.6) is 0 Å². The minimum Gasteiger partial charge on any atom is -0.135 e. The molecule has 34 heavy (non-hydrogen) atoms.